The van der Waals surface area contributed by atoms with Gasteiger partial charge in [-0.3, -0.25) is 4.79 Å². The molecule has 1 saturated heterocycles. The molecular weight excluding hydrogens is 332 g/mol. The Labute approximate surface area is 155 Å². The van der Waals surface area contributed by atoms with Gasteiger partial charge in [-0.2, -0.15) is 0 Å². The molecule has 0 aromatic carbocycles. The van der Waals surface area contributed by atoms with E-state index in [2.05, 4.69) is 6.92 Å². The molecule has 0 unspecified atom stereocenters. The lowest BCUT2D eigenvalue weighted by Gasteiger charge is -2.70. The normalized spacial score (nSPS) is 49.7. The van der Waals surface area contributed by atoms with Gasteiger partial charge in [0.2, 0.25) is 0 Å². The summed E-state index contributed by atoms with van der Waals surface area (Å²) in [5, 5.41) is 11.8. The average Bonchev–Trinajstić information content (AvgIpc) is 2.55. The SMILES string of the molecule is COC(=O)C1=C[C@]23C[C@@H](C)CC[C@@H]2[C@@]2(C)C(=O)C[C@H](C(C)C)[C@@](O)(O3)[C@@H]12. The van der Waals surface area contributed by atoms with E-state index >= 15 is 0 Å². The van der Waals surface area contributed by atoms with E-state index in [0.29, 0.717) is 17.9 Å². The lowest BCUT2D eigenvalue weighted by Crippen LogP contribution is -2.77. The van der Waals surface area contributed by atoms with Gasteiger partial charge < -0.3 is 14.6 Å². The minimum atomic E-state index is -1.50. The smallest absolute Gasteiger partial charge is 0.334 e. The van der Waals surface area contributed by atoms with E-state index < -0.39 is 28.7 Å². The van der Waals surface area contributed by atoms with Crippen LogP contribution in [0, 0.1) is 35.0 Å². The van der Waals surface area contributed by atoms with Crippen molar-refractivity contribution in [3.63, 3.8) is 0 Å². The van der Waals surface area contributed by atoms with Crippen LogP contribution in [0.1, 0.15) is 53.4 Å². The zero-order chi connectivity index (χ0) is 19.1. The maximum atomic E-state index is 13.4. The minimum absolute atomic E-state index is 0.00509. The van der Waals surface area contributed by atoms with Crippen molar-refractivity contribution in [2.75, 3.05) is 7.11 Å². The van der Waals surface area contributed by atoms with Gasteiger partial charge in [0.15, 0.2) is 5.79 Å². The Hall–Kier alpha value is -1.20. The summed E-state index contributed by atoms with van der Waals surface area (Å²) in [4.78, 5) is 26.1. The van der Waals surface area contributed by atoms with Crippen molar-refractivity contribution in [2.24, 2.45) is 35.0 Å². The molecule has 0 aromatic rings. The lowest BCUT2D eigenvalue weighted by atomic mass is 9.42. The molecule has 2 heterocycles. The number of rotatable bonds is 2. The molecule has 2 saturated carbocycles. The Bertz CT molecular complexity index is 697. The zero-order valence-electron chi connectivity index (χ0n) is 16.4. The molecule has 144 valence electrons. The van der Waals surface area contributed by atoms with Crippen LogP contribution in [0.15, 0.2) is 11.6 Å². The van der Waals surface area contributed by atoms with E-state index in [-0.39, 0.29) is 23.5 Å². The molecule has 1 N–H and O–H groups in total. The topological polar surface area (TPSA) is 72.8 Å². The second-order valence-electron chi connectivity index (χ2n) is 9.53. The van der Waals surface area contributed by atoms with Gasteiger partial charge in [-0.15, -0.1) is 0 Å². The molecule has 0 amide bonds. The van der Waals surface area contributed by atoms with Crippen molar-refractivity contribution in [3.05, 3.63) is 11.6 Å². The summed E-state index contributed by atoms with van der Waals surface area (Å²) < 4.78 is 11.6. The molecule has 5 nitrogen and oxygen atoms in total. The molecule has 3 fully saturated rings. The standard InChI is InChI=1S/C21H30O5/c1-11(2)14-8-16(22)19(4)15-7-6-12(3)9-20(15)10-13(18(23)25-5)17(19)21(14,24)26-20/h10-12,14-15,17,24H,6-9H2,1-5H3/t12-,14+,15+,17-,19-,20+,21+/m0/s1. The maximum Gasteiger partial charge on any atom is 0.334 e. The lowest BCUT2D eigenvalue weighted by molar-refractivity contribution is -0.391. The summed E-state index contributed by atoms with van der Waals surface area (Å²) in [7, 11) is 1.36. The third kappa shape index (κ3) is 1.99. The molecule has 4 bridgehead atoms. The quantitative estimate of drug-likeness (QED) is 0.765. The minimum Gasteiger partial charge on any atom is -0.466 e. The Morgan fingerprint density at radius 3 is 2.69 bits per heavy atom. The van der Waals surface area contributed by atoms with Crippen LogP contribution in [0.25, 0.3) is 0 Å². The Balaban J connectivity index is 1.97. The summed E-state index contributed by atoms with van der Waals surface area (Å²) in [5.41, 5.74) is -1.10. The summed E-state index contributed by atoms with van der Waals surface area (Å²) in [6.07, 6.45) is 4.85. The van der Waals surface area contributed by atoms with E-state index in [0.717, 1.165) is 19.3 Å². The predicted molar refractivity (Wildman–Crippen MR) is 94.9 cm³/mol. The van der Waals surface area contributed by atoms with Gasteiger partial charge in [0.1, 0.15) is 5.78 Å². The summed E-state index contributed by atoms with van der Waals surface area (Å²) in [5.74, 6) is -2.27. The van der Waals surface area contributed by atoms with Crippen molar-refractivity contribution in [2.45, 2.75) is 64.8 Å². The molecule has 0 aromatic heterocycles. The Morgan fingerprint density at radius 1 is 1.38 bits per heavy atom. The molecular formula is C21H30O5. The number of esters is 1. The number of aliphatic hydroxyl groups is 1. The van der Waals surface area contributed by atoms with Gasteiger partial charge in [0, 0.05) is 29.2 Å². The van der Waals surface area contributed by atoms with E-state index in [1.807, 2.05) is 26.8 Å². The largest absolute Gasteiger partial charge is 0.466 e. The van der Waals surface area contributed by atoms with Crippen molar-refractivity contribution < 1.29 is 24.2 Å². The fourth-order valence-corrected chi connectivity index (χ4v) is 6.70. The van der Waals surface area contributed by atoms with E-state index in [1.54, 1.807) is 0 Å². The highest BCUT2D eigenvalue weighted by atomic mass is 16.6. The number of ketones is 1. The van der Waals surface area contributed by atoms with Gasteiger partial charge >= 0.3 is 5.97 Å². The Kier molecular flexibility index (Phi) is 3.79. The summed E-state index contributed by atoms with van der Waals surface area (Å²) >= 11 is 0. The van der Waals surface area contributed by atoms with Gasteiger partial charge in [-0.25, -0.2) is 4.79 Å². The van der Waals surface area contributed by atoms with Crippen molar-refractivity contribution >= 4 is 11.8 Å². The van der Waals surface area contributed by atoms with Gasteiger partial charge in [-0.1, -0.05) is 34.1 Å². The highest BCUT2D eigenvalue weighted by Crippen LogP contribution is 2.69. The second-order valence-corrected chi connectivity index (χ2v) is 9.53. The number of carbonyl (C=O) groups excluding carboxylic acids is 2. The average molecular weight is 362 g/mol. The molecule has 5 rings (SSSR count). The van der Waals surface area contributed by atoms with Crippen LogP contribution in [-0.2, 0) is 19.1 Å². The monoisotopic (exact) mass is 362 g/mol. The molecule has 5 aliphatic rings. The van der Waals surface area contributed by atoms with Crippen LogP contribution < -0.4 is 0 Å². The van der Waals surface area contributed by atoms with E-state index in [4.69, 9.17) is 9.47 Å². The van der Waals surface area contributed by atoms with Crippen LogP contribution in [0.5, 0.6) is 0 Å². The highest BCUT2D eigenvalue weighted by molar-refractivity contribution is 5.95. The first-order valence-corrected chi connectivity index (χ1v) is 9.87. The third-order valence-corrected chi connectivity index (χ3v) is 7.77. The predicted octanol–water partition coefficient (Wildman–Crippen LogP) is 2.86. The van der Waals surface area contributed by atoms with Crippen molar-refractivity contribution in [1.29, 1.82) is 0 Å². The van der Waals surface area contributed by atoms with E-state index in [9.17, 15) is 14.7 Å². The Morgan fingerprint density at radius 2 is 2.08 bits per heavy atom. The van der Waals surface area contributed by atoms with E-state index in [1.165, 1.54) is 7.11 Å². The van der Waals surface area contributed by atoms with Crippen LogP contribution in [0.3, 0.4) is 0 Å². The number of carbonyl (C=O) groups is 2. The van der Waals surface area contributed by atoms with Crippen LogP contribution in [0.2, 0.25) is 0 Å². The van der Waals surface area contributed by atoms with Gasteiger partial charge in [0.05, 0.1) is 18.6 Å². The van der Waals surface area contributed by atoms with Crippen LogP contribution >= 0.6 is 0 Å². The molecule has 7 atom stereocenters. The van der Waals surface area contributed by atoms with Crippen LogP contribution in [-0.4, -0.2) is 35.4 Å². The first kappa shape index (κ1) is 18.2. The first-order chi connectivity index (χ1) is 12.1. The number of ether oxygens (including phenoxy) is 2. The molecule has 3 aliphatic carbocycles. The number of hydrogen-bond donors (Lipinski definition) is 1. The van der Waals surface area contributed by atoms with Crippen molar-refractivity contribution in [3.8, 4) is 0 Å². The fourth-order valence-electron chi connectivity index (χ4n) is 6.70. The molecule has 2 aliphatic heterocycles. The number of methoxy groups -OCH3 is 1. The van der Waals surface area contributed by atoms with Crippen molar-refractivity contribution in [1.82, 2.24) is 0 Å². The summed E-state index contributed by atoms with van der Waals surface area (Å²) in [6.45, 7) is 8.13. The molecule has 0 radical (unpaired) electrons. The second kappa shape index (κ2) is 5.41. The van der Waals surface area contributed by atoms with Crippen LogP contribution in [0.4, 0.5) is 0 Å². The number of hydrogen-bond acceptors (Lipinski definition) is 5. The summed E-state index contributed by atoms with van der Waals surface area (Å²) in [6, 6.07) is 0. The maximum absolute atomic E-state index is 13.4. The molecule has 1 spiro atoms. The molecule has 5 heteroatoms. The van der Waals surface area contributed by atoms with Gasteiger partial charge in [0.25, 0.3) is 0 Å². The highest BCUT2D eigenvalue weighted by Gasteiger charge is 2.76. The third-order valence-electron chi connectivity index (χ3n) is 7.77. The first-order valence-electron chi connectivity index (χ1n) is 9.87. The zero-order valence-corrected chi connectivity index (χ0v) is 16.4. The molecule has 26 heavy (non-hydrogen) atoms. The number of Topliss-reactive ketones (excluding diaryl/α,β-unsaturated/α-hetero) is 1. The fraction of sp³-hybridized carbons (Fsp3) is 0.810. The van der Waals surface area contributed by atoms with Gasteiger partial charge in [-0.05, 0) is 30.8 Å².